The number of phosphoric ester groups is 1. The number of aliphatic hydroxyl groups excluding tert-OH is 3. The Morgan fingerprint density at radius 2 is 1.26 bits per heavy atom. The summed E-state index contributed by atoms with van der Waals surface area (Å²) in [5, 5.41) is 31.2. The van der Waals surface area contributed by atoms with E-state index in [1.807, 2.05) is 0 Å². The fourth-order valence-corrected chi connectivity index (χ4v) is 7.33. The fourth-order valence-electron chi connectivity index (χ4n) is 6.97. The summed E-state index contributed by atoms with van der Waals surface area (Å²) in [6, 6.07) is 0. The minimum Gasteiger partial charge on any atom is -0.462 e. The second-order valence-electron chi connectivity index (χ2n) is 15.8. The molecular weight excluding hydrogens is 715 g/mol. The first-order valence-electron chi connectivity index (χ1n) is 21.0. The second-order valence-corrected chi connectivity index (χ2v) is 17.0. The van der Waals surface area contributed by atoms with E-state index in [-0.39, 0.29) is 37.9 Å². The quantitative estimate of drug-likeness (QED) is 0.0182. The molecule has 1 saturated carbocycles. The number of carbonyl (C=O) groups excluding carboxylic acids is 3. The molecule has 0 aromatic rings. The zero-order valence-corrected chi connectivity index (χ0v) is 34.5. The molecule has 1 aliphatic carbocycles. The monoisotopic (exact) mass is 790 g/mol. The maximum atomic E-state index is 12.8. The van der Waals surface area contributed by atoms with Gasteiger partial charge < -0.3 is 34.6 Å². The van der Waals surface area contributed by atoms with Crippen LogP contribution in [0.1, 0.15) is 175 Å². The largest absolute Gasteiger partial charge is 0.469 e. The number of carbonyl (C=O) groups is 3. The zero-order chi connectivity index (χ0) is 40.2. The van der Waals surface area contributed by atoms with Gasteiger partial charge in [0.2, 0.25) is 0 Å². The van der Waals surface area contributed by atoms with Gasteiger partial charge in [0.15, 0.2) is 6.10 Å². The molecule has 0 amide bonds. The summed E-state index contributed by atoms with van der Waals surface area (Å²) in [5.74, 6) is -1.39. The van der Waals surface area contributed by atoms with E-state index in [1.54, 1.807) is 12.2 Å². The predicted molar refractivity (Wildman–Crippen MR) is 209 cm³/mol. The highest BCUT2D eigenvalue weighted by atomic mass is 31.2. The summed E-state index contributed by atoms with van der Waals surface area (Å²) < 4.78 is 26.3. The number of phosphoric acid groups is 1. The molecule has 13 heteroatoms. The first kappa shape index (κ1) is 50.4. The van der Waals surface area contributed by atoms with Crippen molar-refractivity contribution < 1.29 is 58.1 Å². The van der Waals surface area contributed by atoms with Crippen molar-refractivity contribution in [1.82, 2.24) is 0 Å². The molecule has 5 N–H and O–H groups in total. The molecule has 54 heavy (non-hydrogen) atoms. The molecular formula is C41H75O12P. The summed E-state index contributed by atoms with van der Waals surface area (Å²) in [5.41, 5.74) is 0. The van der Waals surface area contributed by atoms with E-state index < -0.39 is 69.2 Å². The number of rotatable bonds is 34. The molecule has 0 aromatic heterocycles. The van der Waals surface area contributed by atoms with Crippen LogP contribution in [-0.4, -0.2) is 80.5 Å². The fraction of sp³-hybridized carbons (Fsp3) is 0.878. The molecule has 0 spiro atoms. The van der Waals surface area contributed by atoms with Crippen molar-refractivity contribution in [3.05, 3.63) is 12.2 Å². The number of hydrogen-bond donors (Lipinski definition) is 5. The van der Waals surface area contributed by atoms with Crippen LogP contribution in [0.3, 0.4) is 0 Å². The number of esters is 2. The van der Waals surface area contributed by atoms with Crippen molar-refractivity contribution in [1.29, 1.82) is 0 Å². The van der Waals surface area contributed by atoms with Crippen LogP contribution in [-0.2, 0) is 32.9 Å². The number of Topliss-reactive ketones (excluding diaryl/α,β-unsaturated/α-hetero) is 1. The van der Waals surface area contributed by atoms with Crippen LogP contribution in [0.15, 0.2) is 12.2 Å². The molecule has 0 radical (unpaired) electrons. The molecule has 12 nitrogen and oxygen atoms in total. The van der Waals surface area contributed by atoms with Crippen LogP contribution in [0.5, 0.6) is 0 Å². The third-order valence-corrected chi connectivity index (χ3v) is 10.7. The van der Waals surface area contributed by atoms with Crippen LogP contribution in [0.25, 0.3) is 0 Å². The van der Waals surface area contributed by atoms with Crippen LogP contribution >= 0.6 is 7.82 Å². The molecule has 0 saturated heterocycles. The van der Waals surface area contributed by atoms with Gasteiger partial charge in [-0.1, -0.05) is 129 Å². The van der Waals surface area contributed by atoms with E-state index in [9.17, 15) is 34.3 Å². The Bertz CT molecular complexity index is 1080. The molecule has 0 heterocycles. The number of aliphatic hydroxyl groups is 3. The lowest BCUT2D eigenvalue weighted by Crippen LogP contribution is -2.29. The highest BCUT2D eigenvalue weighted by molar-refractivity contribution is 7.46. The smallest absolute Gasteiger partial charge is 0.462 e. The summed E-state index contributed by atoms with van der Waals surface area (Å²) in [4.78, 5) is 55.8. The lowest BCUT2D eigenvalue weighted by molar-refractivity contribution is -0.161. The van der Waals surface area contributed by atoms with E-state index in [1.165, 1.54) is 57.8 Å². The van der Waals surface area contributed by atoms with Gasteiger partial charge in [-0.2, -0.15) is 0 Å². The van der Waals surface area contributed by atoms with E-state index >= 15 is 0 Å². The second kappa shape index (κ2) is 30.5. The maximum Gasteiger partial charge on any atom is 0.469 e. The van der Waals surface area contributed by atoms with Gasteiger partial charge in [-0.15, -0.1) is 0 Å². The van der Waals surface area contributed by atoms with Crippen LogP contribution in [0, 0.1) is 17.8 Å². The normalized spacial score (nSPS) is 20.1. The number of unbranched alkanes of at least 4 members (excludes halogenated alkanes) is 14. The van der Waals surface area contributed by atoms with E-state index in [4.69, 9.17) is 19.3 Å². The Balaban J connectivity index is 2.32. The third-order valence-electron chi connectivity index (χ3n) is 10.2. The lowest BCUT2D eigenvalue weighted by atomic mass is 9.87. The van der Waals surface area contributed by atoms with Gasteiger partial charge in [0.25, 0.3) is 0 Å². The first-order valence-corrected chi connectivity index (χ1v) is 22.5. The van der Waals surface area contributed by atoms with Crippen molar-refractivity contribution in [2.45, 2.75) is 199 Å². The molecule has 1 rings (SSSR count). The molecule has 6 atom stereocenters. The van der Waals surface area contributed by atoms with Crippen molar-refractivity contribution in [2.24, 2.45) is 17.8 Å². The Labute approximate surface area is 325 Å². The van der Waals surface area contributed by atoms with Crippen LogP contribution in [0.2, 0.25) is 0 Å². The highest BCUT2D eigenvalue weighted by Gasteiger charge is 2.41. The molecule has 1 aliphatic rings. The van der Waals surface area contributed by atoms with Gasteiger partial charge in [-0.25, -0.2) is 4.57 Å². The maximum absolute atomic E-state index is 12.8. The van der Waals surface area contributed by atoms with Crippen molar-refractivity contribution in [3.8, 4) is 0 Å². The summed E-state index contributed by atoms with van der Waals surface area (Å²) >= 11 is 0. The van der Waals surface area contributed by atoms with E-state index in [0.29, 0.717) is 25.7 Å². The van der Waals surface area contributed by atoms with E-state index in [2.05, 4.69) is 25.3 Å². The molecule has 0 aliphatic heterocycles. The minimum absolute atomic E-state index is 0.0652. The molecule has 1 fully saturated rings. The van der Waals surface area contributed by atoms with Gasteiger partial charge in [0.05, 0.1) is 24.9 Å². The van der Waals surface area contributed by atoms with E-state index in [0.717, 1.165) is 44.4 Å². The Morgan fingerprint density at radius 1 is 0.722 bits per heavy atom. The first-order chi connectivity index (χ1) is 25.7. The van der Waals surface area contributed by atoms with Crippen LogP contribution < -0.4 is 0 Å². The Morgan fingerprint density at radius 3 is 1.85 bits per heavy atom. The zero-order valence-electron chi connectivity index (χ0n) is 33.6. The molecule has 0 unspecified atom stereocenters. The standard InChI is InChI=1S/C41H75O12P/c1-4-5-16-22-33(42)26-27-36-37(39(45)29-38(36)44)28-34(43)23-19-20-25-41(47)53-35(31-52-54(48,49)50)30-51-40(46)24-18-15-13-11-9-7-6-8-10-12-14-17-21-32(2)3/h26-27,32-33,35-39,42,44-45H,4-25,28-31H2,1-3H3,(H2,48,49,50)/b27-26+/t33-,35+,36+,37+,38+,39-/m0/s1. The average Bonchev–Trinajstić information content (AvgIpc) is 3.37. The van der Waals surface area contributed by atoms with Crippen molar-refractivity contribution in [3.63, 3.8) is 0 Å². The van der Waals surface area contributed by atoms with Gasteiger partial charge in [0.1, 0.15) is 12.4 Å². The number of ketones is 1. The molecule has 316 valence electrons. The lowest BCUT2D eigenvalue weighted by Gasteiger charge is -2.20. The SMILES string of the molecule is CCCCC[C@H](O)/C=C/[C@@H]1[C@@H](CC(=O)CCCCC(=O)O[C@H](COC(=O)CCCCCCCCCCCCCCC(C)C)COP(=O)(O)O)[C@@H](O)C[C@H]1O. The highest BCUT2D eigenvalue weighted by Crippen LogP contribution is 2.37. The molecule has 0 bridgehead atoms. The number of hydrogen-bond acceptors (Lipinski definition) is 10. The van der Waals surface area contributed by atoms with Crippen molar-refractivity contribution >= 4 is 25.5 Å². The van der Waals surface area contributed by atoms with Gasteiger partial charge in [-0.3, -0.25) is 18.9 Å². The van der Waals surface area contributed by atoms with Gasteiger partial charge in [0, 0.05) is 43.9 Å². The Kier molecular flexibility index (Phi) is 28.4. The third kappa shape index (κ3) is 27.0. The topological polar surface area (TPSA) is 197 Å². The van der Waals surface area contributed by atoms with Crippen molar-refractivity contribution in [2.75, 3.05) is 13.2 Å². The molecule has 0 aromatic carbocycles. The minimum atomic E-state index is -4.86. The van der Waals surface area contributed by atoms with Gasteiger partial charge >= 0.3 is 19.8 Å². The summed E-state index contributed by atoms with van der Waals surface area (Å²) in [6.45, 7) is 5.58. The van der Waals surface area contributed by atoms with Crippen LogP contribution in [0.4, 0.5) is 0 Å². The summed E-state index contributed by atoms with van der Waals surface area (Å²) in [7, 11) is -4.86. The Hall–Kier alpha value is -1.66. The summed E-state index contributed by atoms with van der Waals surface area (Å²) in [6.07, 6.45) is 20.0. The average molecular weight is 791 g/mol. The predicted octanol–water partition coefficient (Wildman–Crippen LogP) is 8.04. The number of ether oxygens (including phenoxy) is 2. The van der Waals surface area contributed by atoms with Gasteiger partial charge in [-0.05, 0) is 31.6 Å².